The summed E-state index contributed by atoms with van der Waals surface area (Å²) >= 11 is 0. The van der Waals surface area contributed by atoms with Crippen molar-refractivity contribution < 1.29 is 9.32 Å². The Hall–Kier alpha value is -1.92. The van der Waals surface area contributed by atoms with Crippen LogP contribution >= 0.6 is 12.4 Å². The molecule has 2 N–H and O–H groups in total. The van der Waals surface area contributed by atoms with Crippen LogP contribution < -0.4 is 10.6 Å². The number of aryl methyl sites for hydroxylation is 1. The summed E-state index contributed by atoms with van der Waals surface area (Å²) in [7, 11) is 1.85. The van der Waals surface area contributed by atoms with Crippen molar-refractivity contribution in [2.45, 2.75) is 26.7 Å². The first kappa shape index (κ1) is 20.1. The van der Waals surface area contributed by atoms with E-state index in [1.54, 1.807) is 0 Å². The number of amides is 1. The average molecular weight is 353 g/mol. The molecule has 132 valence electrons. The van der Waals surface area contributed by atoms with Crippen LogP contribution in [0, 0.1) is 5.92 Å². The van der Waals surface area contributed by atoms with Gasteiger partial charge in [-0.2, -0.15) is 4.98 Å². The fourth-order valence-corrected chi connectivity index (χ4v) is 2.23. The van der Waals surface area contributed by atoms with Gasteiger partial charge < -0.3 is 15.2 Å². The van der Waals surface area contributed by atoms with Gasteiger partial charge >= 0.3 is 0 Å². The molecule has 7 heteroatoms. The number of carbonyl (C=O) groups excluding carboxylic acids is 1. The van der Waals surface area contributed by atoms with Crippen molar-refractivity contribution in [2.24, 2.45) is 5.92 Å². The highest BCUT2D eigenvalue weighted by Gasteiger charge is 2.11. The minimum atomic E-state index is -0.0207. The Labute approximate surface area is 148 Å². The maximum Gasteiger partial charge on any atom is 0.257 e. The van der Waals surface area contributed by atoms with Crippen molar-refractivity contribution in [3.63, 3.8) is 0 Å². The van der Waals surface area contributed by atoms with Crippen molar-refractivity contribution in [1.29, 1.82) is 0 Å². The van der Waals surface area contributed by atoms with Gasteiger partial charge in [-0.25, -0.2) is 0 Å². The normalized spacial score (nSPS) is 11.6. The van der Waals surface area contributed by atoms with Gasteiger partial charge in [0.05, 0.1) is 0 Å². The summed E-state index contributed by atoms with van der Waals surface area (Å²) in [5.74, 6) is 1.31. The number of halogens is 1. The summed E-state index contributed by atoms with van der Waals surface area (Å²) in [6, 6.07) is 7.98. The van der Waals surface area contributed by atoms with Gasteiger partial charge in [0.2, 0.25) is 5.91 Å². The Kier molecular flexibility index (Phi) is 8.43. The zero-order chi connectivity index (χ0) is 16.7. The standard InChI is InChI=1S/C17H24N4O2.ClH/c1-4-15-20-17(23-21-15)14-7-5-13(6-8-14)9-10-19-16(22)12(2)11-18-3;/h5-8,12,18H,4,9-11H2,1-3H3,(H,19,22);1H. The largest absolute Gasteiger partial charge is 0.355 e. The Morgan fingerprint density at radius 3 is 2.58 bits per heavy atom. The van der Waals surface area contributed by atoms with Crippen molar-refractivity contribution in [2.75, 3.05) is 20.1 Å². The molecule has 1 unspecified atom stereocenters. The molecule has 1 aromatic heterocycles. The van der Waals surface area contributed by atoms with E-state index in [0.717, 1.165) is 24.0 Å². The van der Waals surface area contributed by atoms with E-state index in [1.165, 1.54) is 0 Å². The monoisotopic (exact) mass is 352 g/mol. The molecule has 24 heavy (non-hydrogen) atoms. The predicted octanol–water partition coefficient (Wildman–Crippen LogP) is 2.24. The number of aromatic nitrogens is 2. The molecular formula is C17H25ClN4O2. The van der Waals surface area contributed by atoms with Crippen LogP contribution in [0.5, 0.6) is 0 Å². The second-order valence-corrected chi connectivity index (χ2v) is 5.57. The van der Waals surface area contributed by atoms with Crippen molar-refractivity contribution in [3.8, 4) is 11.5 Å². The van der Waals surface area contributed by atoms with E-state index in [0.29, 0.717) is 24.8 Å². The van der Waals surface area contributed by atoms with Crippen LogP contribution in [-0.4, -0.2) is 36.2 Å². The highest BCUT2D eigenvalue weighted by molar-refractivity contribution is 5.85. The molecule has 0 aliphatic rings. The van der Waals surface area contributed by atoms with E-state index in [1.807, 2.05) is 45.2 Å². The highest BCUT2D eigenvalue weighted by Crippen LogP contribution is 2.18. The van der Waals surface area contributed by atoms with Crippen LogP contribution in [0.25, 0.3) is 11.5 Å². The summed E-state index contributed by atoms with van der Waals surface area (Å²) in [5, 5.41) is 9.85. The second-order valence-electron chi connectivity index (χ2n) is 5.57. The molecule has 0 radical (unpaired) electrons. The quantitative estimate of drug-likeness (QED) is 0.761. The lowest BCUT2D eigenvalue weighted by Gasteiger charge is -2.11. The highest BCUT2D eigenvalue weighted by atomic mass is 35.5. The molecule has 1 atom stereocenters. The van der Waals surface area contributed by atoms with Gasteiger partial charge in [-0.15, -0.1) is 12.4 Å². The Morgan fingerprint density at radius 2 is 2.00 bits per heavy atom. The Bertz CT molecular complexity index is 628. The van der Waals surface area contributed by atoms with E-state index in [9.17, 15) is 4.79 Å². The third-order valence-corrected chi connectivity index (χ3v) is 3.66. The molecule has 0 saturated heterocycles. The first-order valence-corrected chi connectivity index (χ1v) is 7.98. The molecule has 1 amide bonds. The van der Waals surface area contributed by atoms with Crippen LogP contribution in [0.2, 0.25) is 0 Å². The molecule has 0 aliphatic carbocycles. The third-order valence-electron chi connectivity index (χ3n) is 3.66. The minimum Gasteiger partial charge on any atom is -0.355 e. The SMILES string of the molecule is CCc1noc(-c2ccc(CCNC(=O)C(C)CNC)cc2)n1.Cl. The molecule has 1 heterocycles. The summed E-state index contributed by atoms with van der Waals surface area (Å²) in [6.45, 7) is 5.22. The topological polar surface area (TPSA) is 80.0 Å². The number of nitrogens with zero attached hydrogens (tertiary/aromatic N) is 2. The third kappa shape index (κ3) is 5.62. The van der Waals surface area contributed by atoms with Gasteiger partial charge in [-0.3, -0.25) is 4.79 Å². The fourth-order valence-electron chi connectivity index (χ4n) is 2.23. The summed E-state index contributed by atoms with van der Waals surface area (Å²) in [6.07, 6.45) is 1.55. The first-order chi connectivity index (χ1) is 11.1. The van der Waals surface area contributed by atoms with Gasteiger partial charge in [0.1, 0.15) is 0 Å². The van der Waals surface area contributed by atoms with Gasteiger partial charge in [0.25, 0.3) is 5.89 Å². The summed E-state index contributed by atoms with van der Waals surface area (Å²) in [4.78, 5) is 16.1. The first-order valence-electron chi connectivity index (χ1n) is 7.98. The summed E-state index contributed by atoms with van der Waals surface area (Å²) in [5.41, 5.74) is 2.07. The minimum absolute atomic E-state index is 0. The molecule has 0 bridgehead atoms. The maximum absolute atomic E-state index is 11.8. The van der Waals surface area contributed by atoms with Crippen LogP contribution in [0.4, 0.5) is 0 Å². The van der Waals surface area contributed by atoms with Crippen LogP contribution in [0.3, 0.4) is 0 Å². The van der Waals surface area contributed by atoms with Crippen LogP contribution in [0.15, 0.2) is 28.8 Å². The fraction of sp³-hybridized carbons (Fsp3) is 0.471. The Balaban J connectivity index is 0.00000288. The lowest BCUT2D eigenvalue weighted by Crippen LogP contribution is -2.35. The van der Waals surface area contributed by atoms with Crippen molar-refractivity contribution >= 4 is 18.3 Å². The molecule has 2 rings (SSSR count). The number of hydrogen-bond acceptors (Lipinski definition) is 5. The van der Waals surface area contributed by atoms with E-state index >= 15 is 0 Å². The lowest BCUT2D eigenvalue weighted by atomic mass is 10.1. The molecule has 0 fully saturated rings. The predicted molar refractivity (Wildman–Crippen MR) is 96.2 cm³/mol. The molecule has 1 aromatic carbocycles. The molecule has 6 nitrogen and oxygen atoms in total. The zero-order valence-electron chi connectivity index (χ0n) is 14.3. The molecular weight excluding hydrogens is 328 g/mol. The number of hydrogen-bond donors (Lipinski definition) is 2. The van der Waals surface area contributed by atoms with Crippen molar-refractivity contribution in [1.82, 2.24) is 20.8 Å². The van der Waals surface area contributed by atoms with Gasteiger partial charge in [-0.05, 0) is 31.2 Å². The van der Waals surface area contributed by atoms with Crippen molar-refractivity contribution in [3.05, 3.63) is 35.7 Å². The maximum atomic E-state index is 11.8. The van der Waals surface area contributed by atoms with Crippen LogP contribution in [0.1, 0.15) is 25.2 Å². The van der Waals surface area contributed by atoms with Gasteiger partial charge in [0.15, 0.2) is 5.82 Å². The van der Waals surface area contributed by atoms with E-state index < -0.39 is 0 Å². The van der Waals surface area contributed by atoms with E-state index in [2.05, 4.69) is 20.8 Å². The molecule has 0 spiro atoms. The number of carbonyl (C=O) groups is 1. The Morgan fingerprint density at radius 1 is 1.29 bits per heavy atom. The number of benzene rings is 1. The van der Waals surface area contributed by atoms with Gasteiger partial charge in [-0.1, -0.05) is 31.1 Å². The van der Waals surface area contributed by atoms with Crippen LogP contribution in [-0.2, 0) is 17.6 Å². The van der Waals surface area contributed by atoms with E-state index in [4.69, 9.17) is 4.52 Å². The number of nitrogens with one attached hydrogen (secondary N) is 2. The number of rotatable bonds is 8. The average Bonchev–Trinajstić information content (AvgIpc) is 3.04. The molecule has 0 aliphatic heterocycles. The lowest BCUT2D eigenvalue weighted by molar-refractivity contribution is -0.124. The van der Waals surface area contributed by atoms with Gasteiger partial charge in [0, 0.05) is 31.0 Å². The smallest absolute Gasteiger partial charge is 0.257 e. The molecule has 0 saturated carbocycles. The second kappa shape index (κ2) is 10.1. The zero-order valence-corrected chi connectivity index (χ0v) is 15.2. The van der Waals surface area contributed by atoms with E-state index in [-0.39, 0.29) is 24.2 Å². The summed E-state index contributed by atoms with van der Waals surface area (Å²) < 4.78 is 5.22. The molecule has 2 aromatic rings.